The van der Waals surface area contributed by atoms with Gasteiger partial charge in [0.05, 0.1) is 6.54 Å². The largest absolute Gasteiger partial charge is 0.356 e. The van der Waals surface area contributed by atoms with E-state index in [2.05, 4.69) is 53.7 Å². The summed E-state index contributed by atoms with van der Waals surface area (Å²) in [7, 11) is -0.723. The fraction of sp³-hybridized carbons (Fsp3) is 0.588. The van der Waals surface area contributed by atoms with E-state index in [9.17, 15) is 4.21 Å². The molecule has 1 aromatic carbocycles. The van der Waals surface area contributed by atoms with Gasteiger partial charge in [-0.15, -0.1) is 24.0 Å². The summed E-state index contributed by atoms with van der Waals surface area (Å²) in [6.07, 6.45) is 4.92. The number of aryl methyl sites for hydroxylation is 1. The number of hydrogen-bond acceptors (Lipinski definition) is 2. The summed E-state index contributed by atoms with van der Waals surface area (Å²) in [6.45, 7) is 6.65. The number of nitrogens with one attached hydrogen (secondary N) is 2. The van der Waals surface area contributed by atoms with Crippen LogP contribution in [0.3, 0.4) is 0 Å². The predicted octanol–water partition coefficient (Wildman–Crippen LogP) is 3.22. The lowest BCUT2D eigenvalue weighted by Gasteiger charge is -2.12. The average Bonchev–Trinajstić information content (AvgIpc) is 2.50. The van der Waals surface area contributed by atoms with Crippen LogP contribution in [0.15, 0.2) is 29.3 Å². The van der Waals surface area contributed by atoms with E-state index in [-0.39, 0.29) is 24.0 Å². The lowest BCUT2D eigenvalue weighted by molar-refractivity contribution is 0.681. The SMILES string of the molecule is CCCCNC(=NCc1ccc(C)cc1)NCCCS(C)=O.I. The fourth-order valence-corrected chi connectivity index (χ4v) is 2.45. The molecule has 1 rings (SSSR count). The van der Waals surface area contributed by atoms with Crippen molar-refractivity contribution in [2.24, 2.45) is 4.99 Å². The van der Waals surface area contributed by atoms with Crippen molar-refractivity contribution in [3.8, 4) is 0 Å². The highest BCUT2D eigenvalue weighted by Crippen LogP contribution is 2.04. The molecule has 0 spiro atoms. The van der Waals surface area contributed by atoms with Crippen molar-refractivity contribution in [1.29, 1.82) is 0 Å². The number of halogens is 1. The van der Waals surface area contributed by atoms with Crippen molar-refractivity contribution < 1.29 is 4.21 Å². The molecule has 1 aromatic rings. The Kier molecular flexibility index (Phi) is 13.4. The van der Waals surface area contributed by atoms with E-state index in [1.807, 2.05) is 0 Å². The van der Waals surface area contributed by atoms with Gasteiger partial charge in [-0.2, -0.15) is 0 Å². The Morgan fingerprint density at radius 3 is 2.30 bits per heavy atom. The molecule has 0 bridgehead atoms. The van der Waals surface area contributed by atoms with Crippen LogP contribution < -0.4 is 10.6 Å². The average molecular weight is 451 g/mol. The summed E-state index contributed by atoms with van der Waals surface area (Å²) in [6, 6.07) is 8.45. The second-order valence-electron chi connectivity index (χ2n) is 5.49. The molecule has 2 N–H and O–H groups in total. The van der Waals surface area contributed by atoms with Gasteiger partial charge in [0.2, 0.25) is 0 Å². The molecule has 0 saturated heterocycles. The van der Waals surface area contributed by atoms with Gasteiger partial charge in [0.25, 0.3) is 0 Å². The van der Waals surface area contributed by atoms with Gasteiger partial charge in [0.1, 0.15) is 0 Å². The highest BCUT2D eigenvalue weighted by atomic mass is 127. The van der Waals surface area contributed by atoms with Gasteiger partial charge in [0.15, 0.2) is 5.96 Å². The maximum absolute atomic E-state index is 11.1. The Balaban J connectivity index is 0.00000484. The molecule has 0 saturated carbocycles. The third-order valence-electron chi connectivity index (χ3n) is 3.26. The first-order valence-electron chi connectivity index (χ1n) is 7.99. The molecule has 23 heavy (non-hydrogen) atoms. The summed E-state index contributed by atoms with van der Waals surface area (Å²) in [5.74, 6) is 1.57. The third kappa shape index (κ3) is 11.5. The molecule has 0 amide bonds. The number of rotatable bonds is 9. The minimum Gasteiger partial charge on any atom is -0.356 e. The highest BCUT2D eigenvalue weighted by Gasteiger charge is 1.99. The molecule has 1 unspecified atom stereocenters. The van der Waals surface area contributed by atoms with Gasteiger partial charge in [-0.05, 0) is 25.3 Å². The molecule has 0 radical (unpaired) electrons. The number of unbranched alkanes of at least 4 members (excludes halogenated alkanes) is 1. The van der Waals surface area contributed by atoms with Gasteiger partial charge in [-0.3, -0.25) is 4.21 Å². The van der Waals surface area contributed by atoms with Gasteiger partial charge in [-0.1, -0.05) is 43.2 Å². The Morgan fingerprint density at radius 1 is 1.13 bits per heavy atom. The smallest absolute Gasteiger partial charge is 0.191 e. The summed E-state index contributed by atoms with van der Waals surface area (Å²) in [5.41, 5.74) is 2.47. The predicted molar refractivity (Wildman–Crippen MR) is 112 cm³/mol. The second-order valence-corrected chi connectivity index (χ2v) is 7.04. The van der Waals surface area contributed by atoms with Crippen LogP contribution in [0.1, 0.15) is 37.3 Å². The lowest BCUT2D eigenvalue weighted by atomic mass is 10.1. The summed E-state index contributed by atoms with van der Waals surface area (Å²) in [5, 5.41) is 6.67. The van der Waals surface area contributed by atoms with E-state index in [1.54, 1.807) is 6.26 Å². The Morgan fingerprint density at radius 2 is 1.74 bits per heavy atom. The summed E-state index contributed by atoms with van der Waals surface area (Å²) in [4.78, 5) is 4.63. The molecule has 0 heterocycles. The maximum atomic E-state index is 11.1. The van der Waals surface area contributed by atoms with Crippen LogP contribution in [0.4, 0.5) is 0 Å². The van der Waals surface area contributed by atoms with Crippen LogP contribution in [0.25, 0.3) is 0 Å². The molecule has 6 heteroatoms. The van der Waals surface area contributed by atoms with Gasteiger partial charge >= 0.3 is 0 Å². The van der Waals surface area contributed by atoms with Crippen LogP contribution >= 0.6 is 24.0 Å². The molecular formula is C17H30IN3OS. The molecule has 0 aliphatic carbocycles. The van der Waals surface area contributed by atoms with E-state index >= 15 is 0 Å². The maximum Gasteiger partial charge on any atom is 0.191 e. The number of benzene rings is 1. The van der Waals surface area contributed by atoms with Crippen molar-refractivity contribution in [3.05, 3.63) is 35.4 Å². The molecule has 0 aromatic heterocycles. The number of guanidine groups is 1. The van der Waals surface area contributed by atoms with Gasteiger partial charge < -0.3 is 10.6 Å². The van der Waals surface area contributed by atoms with E-state index in [0.29, 0.717) is 6.54 Å². The zero-order chi connectivity index (χ0) is 16.2. The van der Waals surface area contributed by atoms with Crippen LogP contribution in [0.5, 0.6) is 0 Å². The van der Waals surface area contributed by atoms with Crippen LogP contribution in [0, 0.1) is 6.92 Å². The second kappa shape index (κ2) is 13.8. The number of aliphatic imine (C=N–C) groups is 1. The molecule has 4 nitrogen and oxygen atoms in total. The van der Waals surface area contributed by atoms with Crippen molar-refractivity contribution in [1.82, 2.24) is 10.6 Å². The lowest BCUT2D eigenvalue weighted by Crippen LogP contribution is -2.38. The first kappa shape index (κ1) is 22.4. The van der Waals surface area contributed by atoms with E-state index in [0.717, 1.165) is 44.1 Å². The standard InChI is InChI=1S/C17H29N3OS.HI/c1-4-5-11-18-17(19-12-6-13-22(3)21)20-14-16-9-7-15(2)8-10-16;/h7-10H,4-6,11-14H2,1-3H3,(H2,18,19,20);1H. The normalized spacial score (nSPS) is 12.4. The molecule has 0 aliphatic heterocycles. The van der Waals surface area contributed by atoms with Crippen molar-refractivity contribution in [3.63, 3.8) is 0 Å². The third-order valence-corrected chi connectivity index (χ3v) is 4.13. The first-order valence-corrected chi connectivity index (χ1v) is 9.72. The molecular weight excluding hydrogens is 421 g/mol. The highest BCUT2D eigenvalue weighted by molar-refractivity contribution is 14.0. The van der Waals surface area contributed by atoms with Crippen LogP contribution in [-0.4, -0.2) is 35.3 Å². The summed E-state index contributed by atoms with van der Waals surface area (Å²) < 4.78 is 11.1. The zero-order valence-electron chi connectivity index (χ0n) is 14.4. The van der Waals surface area contributed by atoms with Crippen LogP contribution in [0.2, 0.25) is 0 Å². The van der Waals surface area contributed by atoms with E-state index < -0.39 is 10.8 Å². The monoisotopic (exact) mass is 451 g/mol. The van der Waals surface area contributed by atoms with Crippen LogP contribution in [-0.2, 0) is 17.3 Å². The summed E-state index contributed by atoms with van der Waals surface area (Å²) >= 11 is 0. The first-order chi connectivity index (χ1) is 10.6. The fourth-order valence-electron chi connectivity index (χ4n) is 1.90. The minimum absolute atomic E-state index is 0. The van der Waals surface area contributed by atoms with E-state index in [1.165, 1.54) is 11.1 Å². The zero-order valence-corrected chi connectivity index (χ0v) is 17.6. The molecule has 0 aliphatic rings. The van der Waals surface area contributed by atoms with Gasteiger partial charge in [0, 0.05) is 35.9 Å². The van der Waals surface area contributed by atoms with Crippen molar-refractivity contribution in [2.75, 3.05) is 25.1 Å². The number of hydrogen-bond donors (Lipinski definition) is 2. The molecule has 132 valence electrons. The van der Waals surface area contributed by atoms with Crippen molar-refractivity contribution >= 4 is 40.7 Å². The van der Waals surface area contributed by atoms with E-state index in [4.69, 9.17) is 0 Å². The molecule has 0 fully saturated rings. The topological polar surface area (TPSA) is 53.5 Å². The van der Waals surface area contributed by atoms with Crippen molar-refractivity contribution in [2.45, 2.75) is 39.7 Å². The molecule has 1 atom stereocenters. The Labute approximate surface area is 160 Å². The quantitative estimate of drug-likeness (QED) is 0.263. The Hall–Kier alpha value is -0.630. The number of nitrogens with zero attached hydrogens (tertiary/aromatic N) is 1. The Bertz CT molecular complexity index is 477. The van der Waals surface area contributed by atoms with Gasteiger partial charge in [-0.25, -0.2) is 4.99 Å². The minimum atomic E-state index is -0.723.